The van der Waals surface area contributed by atoms with Crippen LogP contribution < -0.4 is 21.7 Å². The van der Waals surface area contributed by atoms with Gasteiger partial charge in [-0.05, 0) is 46.4 Å². The first-order valence-corrected chi connectivity index (χ1v) is 13.0. The Hall–Kier alpha value is -5.11. The number of carbonyl (C=O) groups is 2. The van der Waals surface area contributed by atoms with Crippen molar-refractivity contribution in [1.82, 2.24) is 16.0 Å². The number of rotatable bonds is 10. The van der Waals surface area contributed by atoms with Gasteiger partial charge in [-0.15, -0.1) is 0 Å². The minimum Gasteiger partial charge on any atom is -0.508 e. The van der Waals surface area contributed by atoms with E-state index in [4.69, 9.17) is 5.73 Å². The minimum atomic E-state index is -0.478. The lowest BCUT2D eigenvalue weighted by Gasteiger charge is -2.18. The lowest BCUT2D eigenvalue weighted by atomic mass is 9.91. The van der Waals surface area contributed by atoms with E-state index in [1.165, 1.54) is 0 Å². The van der Waals surface area contributed by atoms with Crippen LogP contribution in [0.25, 0.3) is 0 Å². The van der Waals surface area contributed by atoms with E-state index in [1.807, 2.05) is 84.9 Å². The average Bonchev–Trinajstić information content (AvgIpc) is 2.98. The zero-order valence-electron chi connectivity index (χ0n) is 22.1. The van der Waals surface area contributed by atoms with Crippen molar-refractivity contribution >= 4 is 17.9 Å². The van der Waals surface area contributed by atoms with Gasteiger partial charge in [-0.25, -0.2) is 9.79 Å². The molecule has 4 aromatic rings. The van der Waals surface area contributed by atoms with Crippen molar-refractivity contribution in [2.24, 2.45) is 10.7 Å². The molecule has 0 aliphatic carbocycles. The van der Waals surface area contributed by atoms with Gasteiger partial charge in [0.15, 0.2) is 5.96 Å². The molecule has 3 amide bonds. The fourth-order valence-corrected chi connectivity index (χ4v) is 4.22. The number of nitrogens with zero attached hydrogens (tertiary/aromatic N) is 1. The standard InChI is InChI=1S/C32H33N5O3/c33-31(37-32(40)36-20-24-14-16-28(38)17-15-24)35-22-26-11-7-10-25(18-26)21-34-30(39)29(27-12-5-2-6-13-27)19-23-8-3-1-4-9-23/h1-18,29,38H,19-22H2,(H,34,39)(H4,33,35,36,37,40). The summed E-state index contributed by atoms with van der Waals surface area (Å²) in [4.78, 5) is 29.6. The first kappa shape index (κ1) is 27.9. The van der Waals surface area contributed by atoms with E-state index in [9.17, 15) is 14.7 Å². The van der Waals surface area contributed by atoms with Crippen molar-refractivity contribution in [1.29, 1.82) is 0 Å². The fraction of sp³-hybridized carbons (Fsp3) is 0.156. The molecule has 8 heteroatoms. The van der Waals surface area contributed by atoms with Crippen molar-refractivity contribution in [2.45, 2.75) is 32.0 Å². The Morgan fingerprint density at radius 2 is 1.35 bits per heavy atom. The van der Waals surface area contributed by atoms with Gasteiger partial charge in [0.2, 0.25) is 5.91 Å². The summed E-state index contributed by atoms with van der Waals surface area (Å²) in [7, 11) is 0. The lowest BCUT2D eigenvalue weighted by molar-refractivity contribution is -0.122. The second-order valence-corrected chi connectivity index (χ2v) is 9.37. The molecule has 6 N–H and O–H groups in total. The highest BCUT2D eigenvalue weighted by atomic mass is 16.3. The van der Waals surface area contributed by atoms with E-state index in [-0.39, 0.29) is 36.6 Å². The lowest BCUT2D eigenvalue weighted by Crippen LogP contribution is -2.43. The van der Waals surface area contributed by atoms with Gasteiger partial charge < -0.3 is 21.5 Å². The van der Waals surface area contributed by atoms with E-state index in [2.05, 4.69) is 20.9 Å². The molecule has 0 aromatic heterocycles. The number of hydrogen-bond acceptors (Lipinski definition) is 4. The molecule has 0 aliphatic heterocycles. The quantitative estimate of drug-likeness (QED) is 0.153. The monoisotopic (exact) mass is 535 g/mol. The van der Waals surface area contributed by atoms with Crippen LogP contribution in [-0.2, 0) is 30.8 Å². The van der Waals surface area contributed by atoms with Gasteiger partial charge in [0.1, 0.15) is 5.75 Å². The number of guanidine groups is 1. The maximum absolute atomic E-state index is 13.3. The first-order valence-electron chi connectivity index (χ1n) is 13.0. The number of aromatic hydroxyl groups is 1. The highest BCUT2D eigenvalue weighted by Crippen LogP contribution is 2.21. The number of nitrogens with two attached hydrogens (primary N) is 1. The molecule has 0 heterocycles. The molecule has 0 bridgehead atoms. The highest BCUT2D eigenvalue weighted by molar-refractivity contribution is 5.95. The zero-order chi connectivity index (χ0) is 28.2. The summed E-state index contributed by atoms with van der Waals surface area (Å²) >= 11 is 0. The van der Waals surface area contributed by atoms with Crippen LogP contribution in [0.1, 0.15) is 33.7 Å². The molecule has 0 fully saturated rings. The van der Waals surface area contributed by atoms with Gasteiger partial charge in [0, 0.05) is 13.1 Å². The van der Waals surface area contributed by atoms with Crippen LogP contribution >= 0.6 is 0 Å². The van der Waals surface area contributed by atoms with Crippen molar-refractivity contribution < 1.29 is 14.7 Å². The maximum Gasteiger partial charge on any atom is 0.321 e. The Morgan fingerprint density at radius 3 is 2.08 bits per heavy atom. The number of amides is 3. The number of carbonyl (C=O) groups excluding carboxylic acids is 2. The molecule has 204 valence electrons. The molecule has 40 heavy (non-hydrogen) atoms. The summed E-state index contributed by atoms with van der Waals surface area (Å²) in [6.45, 7) is 0.929. The Labute approximate surface area is 234 Å². The van der Waals surface area contributed by atoms with Gasteiger partial charge in [0.25, 0.3) is 0 Å². The zero-order valence-corrected chi connectivity index (χ0v) is 22.1. The molecular formula is C32H33N5O3. The van der Waals surface area contributed by atoms with Crippen molar-refractivity contribution in [3.63, 3.8) is 0 Å². The van der Waals surface area contributed by atoms with Crippen LogP contribution in [0.2, 0.25) is 0 Å². The molecule has 0 saturated heterocycles. The summed E-state index contributed by atoms with van der Waals surface area (Å²) < 4.78 is 0. The summed E-state index contributed by atoms with van der Waals surface area (Å²) in [5.74, 6) is -0.184. The summed E-state index contributed by atoms with van der Waals surface area (Å²) in [6.07, 6.45) is 0.611. The smallest absolute Gasteiger partial charge is 0.321 e. The average molecular weight is 536 g/mol. The minimum absolute atomic E-state index is 0.00599. The second kappa shape index (κ2) is 14.2. The van der Waals surface area contributed by atoms with E-state index in [0.717, 1.165) is 27.8 Å². The molecule has 4 aromatic carbocycles. The van der Waals surface area contributed by atoms with Gasteiger partial charge in [-0.1, -0.05) is 97.1 Å². The third-order valence-corrected chi connectivity index (χ3v) is 6.32. The Morgan fingerprint density at radius 1 is 0.725 bits per heavy atom. The molecule has 4 rings (SSSR count). The van der Waals surface area contributed by atoms with Crippen LogP contribution in [-0.4, -0.2) is 23.0 Å². The van der Waals surface area contributed by atoms with Crippen LogP contribution in [0.15, 0.2) is 114 Å². The Kier molecular flexibility index (Phi) is 9.88. The highest BCUT2D eigenvalue weighted by Gasteiger charge is 2.20. The van der Waals surface area contributed by atoms with Crippen LogP contribution in [0.4, 0.5) is 4.79 Å². The van der Waals surface area contributed by atoms with Gasteiger partial charge in [-0.3, -0.25) is 10.1 Å². The van der Waals surface area contributed by atoms with Gasteiger partial charge >= 0.3 is 6.03 Å². The van der Waals surface area contributed by atoms with Crippen molar-refractivity contribution in [3.8, 4) is 5.75 Å². The Bertz CT molecular complexity index is 1420. The number of phenols is 1. The summed E-state index contributed by atoms with van der Waals surface area (Å²) in [6, 6.07) is 33.6. The first-order chi connectivity index (χ1) is 19.5. The second-order valence-electron chi connectivity index (χ2n) is 9.37. The number of aliphatic imine (C=N–C) groups is 1. The topological polar surface area (TPSA) is 129 Å². The largest absolute Gasteiger partial charge is 0.508 e. The number of phenolic OH excluding ortho intramolecular Hbond substituents is 1. The van der Waals surface area contributed by atoms with Crippen LogP contribution in [0.3, 0.4) is 0 Å². The molecule has 0 spiro atoms. The molecule has 1 unspecified atom stereocenters. The maximum atomic E-state index is 13.3. The van der Waals surface area contributed by atoms with Gasteiger partial charge in [0.05, 0.1) is 12.5 Å². The third kappa shape index (κ3) is 8.73. The molecule has 1 atom stereocenters. The van der Waals surface area contributed by atoms with Crippen LogP contribution in [0.5, 0.6) is 5.75 Å². The number of hydrogen-bond donors (Lipinski definition) is 5. The van der Waals surface area contributed by atoms with Gasteiger partial charge in [-0.2, -0.15) is 0 Å². The molecule has 0 aliphatic rings. The summed E-state index contributed by atoms with van der Waals surface area (Å²) in [5, 5.41) is 17.6. The molecule has 8 nitrogen and oxygen atoms in total. The van der Waals surface area contributed by atoms with Crippen molar-refractivity contribution in [2.75, 3.05) is 0 Å². The summed E-state index contributed by atoms with van der Waals surface area (Å²) in [5.41, 5.74) is 10.6. The van der Waals surface area contributed by atoms with E-state index < -0.39 is 6.03 Å². The SMILES string of the molecule is NC(=NCc1cccc(CNC(=O)C(Cc2ccccc2)c2ccccc2)c1)NC(=O)NCc1ccc(O)cc1. The number of nitrogens with one attached hydrogen (secondary N) is 3. The van der Waals surface area contributed by atoms with Crippen LogP contribution in [0, 0.1) is 0 Å². The van der Waals surface area contributed by atoms with E-state index in [0.29, 0.717) is 13.0 Å². The van der Waals surface area contributed by atoms with E-state index in [1.54, 1.807) is 24.3 Å². The Balaban J connectivity index is 1.30. The normalized spacial score (nSPS) is 11.8. The third-order valence-electron chi connectivity index (χ3n) is 6.32. The molecular weight excluding hydrogens is 502 g/mol. The molecule has 0 saturated carbocycles. The fourth-order valence-electron chi connectivity index (χ4n) is 4.22. The molecule has 0 radical (unpaired) electrons. The predicted molar refractivity (Wildman–Crippen MR) is 156 cm³/mol. The van der Waals surface area contributed by atoms with E-state index >= 15 is 0 Å². The predicted octanol–water partition coefficient (Wildman–Crippen LogP) is 4.35. The number of benzene rings is 4. The number of urea groups is 1. The van der Waals surface area contributed by atoms with Crippen molar-refractivity contribution in [3.05, 3.63) is 137 Å².